The van der Waals surface area contributed by atoms with E-state index in [1.54, 1.807) is 0 Å². The monoisotopic (exact) mass is 241 g/mol. The highest BCUT2D eigenvalue weighted by Gasteiger charge is 2.30. The van der Waals surface area contributed by atoms with Crippen molar-refractivity contribution in [2.45, 2.75) is 38.3 Å². The standard InChI is InChI=1S/C13H27N3O/c1-2-17-13(10-14)5-7-15-8-9-16-6-3-4-12(16)11-15/h12-13H,2-11,14H2,1H3. The van der Waals surface area contributed by atoms with Crippen LogP contribution in [0.2, 0.25) is 0 Å². The maximum atomic E-state index is 5.71. The fraction of sp³-hybridized carbons (Fsp3) is 1.00. The molecule has 0 aliphatic carbocycles. The van der Waals surface area contributed by atoms with Gasteiger partial charge in [-0.05, 0) is 32.7 Å². The predicted molar refractivity (Wildman–Crippen MR) is 70.1 cm³/mol. The summed E-state index contributed by atoms with van der Waals surface area (Å²) in [5, 5.41) is 0. The van der Waals surface area contributed by atoms with Gasteiger partial charge in [0.1, 0.15) is 0 Å². The molecule has 0 aromatic rings. The largest absolute Gasteiger partial charge is 0.377 e. The van der Waals surface area contributed by atoms with E-state index >= 15 is 0 Å². The lowest BCUT2D eigenvalue weighted by molar-refractivity contribution is 0.0425. The van der Waals surface area contributed by atoms with Gasteiger partial charge in [0.05, 0.1) is 6.10 Å². The second-order valence-corrected chi connectivity index (χ2v) is 5.23. The molecule has 4 nitrogen and oxygen atoms in total. The first-order valence-corrected chi connectivity index (χ1v) is 7.11. The minimum absolute atomic E-state index is 0.251. The molecule has 2 saturated heterocycles. The summed E-state index contributed by atoms with van der Waals surface area (Å²) in [4.78, 5) is 5.24. The maximum Gasteiger partial charge on any atom is 0.0709 e. The van der Waals surface area contributed by atoms with Crippen molar-refractivity contribution in [2.24, 2.45) is 5.73 Å². The van der Waals surface area contributed by atoms with Gasteiger partial charge in [0, 0.05) is 45.4 Å². The van der Waals surface area contributed by atoms with Crippen LogP contribution in [0.25, 0.3) is 0 Å². The van der Waals surface area contributed by atoms with Crippen LogP contribution in [0.5, 0.6) is 0 Å². The van der Waals surface area contributed by atoms with Crippen LogP contribution >= 0.6 is 0 Å². The summed E-state index contributed by atoms with van der Waals surface area (Å²) in [6.07, 6.45) is 4.11. The van der Waals surface area contributed by atoms with Crippen LogP contribution in [0.15, 0.2) is 0 Å². The first-order chi connectivity index (χ1) is 8.33. The molecule has 2 atom stereocenters. The molecule has 2 rings (SSSR count). The third kappa shape index (κ3) is 3.65. The summed E-state index contributed by atoms with van der Waals surface area (Å²) in [6, 6.07) is 0.826. The Labute approximate surface area is 105 Å². The number of nitrogens with two attached hydrogens (primary N) is 1. The van der Waals surface area contributed by atoms with Crippen molar-refractivity contribution in [1.82, 2.24) is 9.80 Å². The second kappa shape index (κ2) is 6.69. The molecule has 0 spiro atoms. The van der Waals surface area contributed by atoms with Crippen molar-refractivity contribution in [1.29, 1.82) is 0 Å². The summed E-state index contributed by atoms with van der Waals surface area (Å²) in [6.45, 7) is 9.67. The molecule has 17 heavy (non-hydrogen) atoms. The first kappa shape index (κ1) is 13.3. The fourth-order valence-corrected chi connectivity index (χ4v) is 3.09. The zero-order valence-electron chi connectivity index (χ0n) is 11.1. The Morgan fingerprint density at radius 1 is 1.35 bits per heavy atom. The maximum absolute atomic E-state index is 5.71. The first-order valence-electron chi connectivity index (χ1n) is 7.11. The molecular formula is C13H27N3O. The lowest BCUT2D eigenvalue weighted by atomic mass is 10.1. The lowest BCUT2D eigenvalue weighted by Gasteiger charge is -2.37. The van der Waals surface area contributed by atoms with Crippen LogP contribution in [0.1, 0.15) is 26.2 Å². The van der Waals surface area contributed by atoms with Crippen molar-refractivity contribution in [3.8, 4) is 0 Å². The highest BCUT2D eigenvalue weighted by atomic mass is 16.5. The van der Waals surface area contributed by atoms with Gasteiger partial charge in [-0.1, -0.05) is 0 Å². The highest BCUT2D eigenvalue weighted by Crippen LogP contribution is 2.21. The number of nitrogens with zero attached hydrogens (tertiary/aromatic N) is 2. The van der Waals surface area contributed by atoms with Gasteiger partial charge in [0.15, 0.2) is 0 Å². The molecule has 0 aromatic carbocycles. The Hall–Kier alpha value is -0.160. The van der Waals surface area contributed by atoms with E-state index in [2.05, 4.69) is 9.80 Å². The summed E-state index contributed by atoms with van der Waals surface area (Å²) in [5.41, 5.74) is 5.71. The van der Waals surface area contributed by atoms with Crippen molar-refractivity contribution in [3.63, 3.8) is 0 Å². The van der Waals surface area contributed by atoms with Crippen LogP contribution in [-0.2, 0) is 4.74 Å². The zero-order valence-corrected chi connectivity index (χ0v) is 11.1. The number of hydrogen-bond donors (Lipinski definition) is 1. The van der Waals surface area contributed by atoms with Crippen molar-refractivity contribution < 1.29 is 4.74 Å². The van der Waals surface area contributed by atoms with Gasteiger partial charge in [-0.15, -0.1) is 0 Å². The minimum atomic E-state index is 0.251. The highest BCUT2D eigenvalue weighted by molar-refractivity contribution is 4.86. The quantitative estimate of drug-likeness (QED) is 0.736. The number of hydrogen-bond acceptors (Lipinski definition) is 4. The Bertz CT molecular complexity index is 225. The van der Waals surface area contributed by atoms with Crippen LogP contribution in [0.4, 0.5) is 0 Å². The molecule has 2 fully saturated rings. The third-order valence-corrected chi connectivity index (χ3v) is 4.10. The van der Waals surface area contributed by atoms with Crippen molar-refractivity contribution in [3.05, 3.63) is 0 Å². The second-order valence-electron chi connectivity index (χ2n) is 5.23. The normalized spacial score (nSPS) is 28.2. The Balaban J connectivity index is 1.69. The number of ether oxygens (including phenoxy) is 1. The number of piperazine rings is 1. The van der Waals surface area contributed by atoms with Crippen LogP contribution < -0.4 is 5.73 Å². The van der Waals surface area contributed by atoms with Crippen LogP contribution in [0.3, 0.4) is 0 Å². The van der Waals surface area contributed by atoms with E-state index in [9.17, 15) is 0 Å². The molecule has 2 aliphatic heterocycles. The van der Waals surface area contributed by atoms with E-state index in [4.69, 9.17) is 10.5 Å². The minimum Gasteiger partial charge on any atom is -0.377 e. The molecule has 4 heteroatoms. The molecule has 2 unspecified atom stereocenters. The smallest absolute Gasteiger partial charge is 0.0709 e. The van der Waals surface area contributed by atoms with Gasteiger partial charge in [0.2, 0.25) is 0 Å². The molecule has 2 aliphatic rings. The fourth-order valence-electron chi connectivity index (χ4n) is 3.09. The molecular weight excluding hydrogens is 214 g/mol. The zero-order chi connectivity index (χ0) is 12.1. The summed E-state index contributed by atoms with van der Waals surface area (Å²) in [7, 11) is 0. The Morgan fingerprint density at radius 2 is 2.24 bits per heavy atom. The van der Waals surface area contributed by atoms with Crippen molar-refractivity contribution >= 4 is 0 Å². The molecule has 100 valence electrons. The molecule has 0 saturated carbocycles. The van der Waals surface area contributed by atoms with Crippen LogP contribution in [0, 0.1) is 0 Å². The van der Waals surface area contributed by atoms with E-state index in [0.717, 1.165) is 25.6 Å². The number of fused-ring (bicyclic) bond motifs is 1. The van der Waals surface area contributed by atoms with Gasteiger partial charge in [-0.3, -0.25) is 4.90 Å². The molecule has 0 radical (unpaired) electrons. The molecule has 2 N–H and O–H groups in total. The summed E-state index contributed by atoms with van der Waals surface area (Å²) >= 11 is 0. The molecule has 2 heterocycles. The van der Waals surface area contributed by atoms with E-state index in [-0.39, 0.29) is 6.10 Å². The van der Waals surface area contributed by atoms with Gasteiger partial charge in [0.25, 0.3) is 0 Å². The summed E-state index contributed by atoms with van der Waals surface area (Å²) in [5.74, 6) is 0. The van der Waals surface area contributed by atoms with Crippen LogP contribution in [-0.4, -0.2) is 67.8 Å². The number of rotatable bonds is 6. The van der Waals surface area contributed by atoms with Gasteiger partial charge in [-0.25, -0.2) is 0 Å². The van der Waals surface area contributed by atoms with E-state index in [1.165, 1.54) is 39.0 Å². The summed E-state index contributed by atoms with van der Waals surface area (Å²) < 4.78 is 5.61. The molecule has 0 aromatic heterocycles. The van der Waals surface area contributed by atoms with Gasteiger partial charge in [-0.2, -0.15) is 0 Å². The van der Waals surface area contributed by atoms with Crippen molar-refractivity contribution in [2.75, 3.05) is 45.9 Å². The average molecular weight is 241 g/mol. The van der Waals surface area contributed by atoms with E-state index < -0.39 is 0 Å². The predicted octanol–water partition coefficient (Wildman–Crippen LogP) is 0.520. The van der Waals surface area contributed by atoms with Gasteiger partial charge < -0.3 is 15.4 Å². The van der Waals surface area contributed by atoms with E-state index in [1.807, 2.05) is 6.92 Å². The SMILES string of the molecule is CCOC(CN)CCN1CCN2CCCC2C1. The molecule has 0 bridgehead atoms. The topological polar surface area (TPSA) is 41.7 Å². The third-order valence-electron chi connectivity index (χ3n) is 4.10. The Kier molecular flexibility index (Phi) is 5.22. The lowest BCUT2D eigenvalue weighted by Crippen LogP contribution is -2.50. The van der Waals surface area contributed by atoms with Gasteiger partial charge >= 0.3 is 0 Å². The average Bonchev–Trinajstić information content (AvgIpc) is 2.81. The Morgan fingerprint density at radius 3 is 3.00 bits per heavy atom. The van der Waals surface area contributed by atoms with E-state index in [0.29, 0.717) is 6.54 Å². The molecule has 0 amide bonds.